The summed E-state index contributed by atoms with van der Waals surface area (Å²) in [6, 6.07) is 5.94. The Kier molecular flexibility index (Phi) is 2.71. The number of ether oxygens (including phenoxy) is 2. The fourth-order valence-corrected chi connectivity index (χ4v) is 1.47. The Balaban J connectivity index is 2.22. The minimum atomic E-state index is 0.438. The lowest BCUT2D eigenvalue weighted by atomic mass is 10.2. The van der Waals surface area contributed by atoms with Crippen LogP contribution in [-0.4, -0.2) is 27.3 Å². The van der Waals surface area contributed by atoms with Gasteiger partial charge in [0.05, 0.1) is 18.9 Å². The van der Waals surface area contributed by atoms with E-state index in [1.165, 1.54) is 12.8 Å². The molecule has 0 spiro atoms. The topological polar surface area (TPSA) is 21.7 Å². The zero-order valence-electron chi connectivity index (χ0n) is 9.49. The van der Waals surface area contributed by atoms with Gasteiger partial charge < -0.3 is 14.4 Å². The lowest BCUT2D eigenvalue weighted by molar-refractivity contribution is 0.302. The summed E-state index contributed by atoms with van der Waals surface area (Å²) in [4.78, 5) is 2.03. The van der Waals surface area contributed by atoms with Crippen molar-refractivity contribution in [3.8, 4) is 11.5 Å². The Labute approximate surface area is 90.6 Å². The Hall–Kier alpha value is -1.38. The molecule has 0 saturated heterocycles. The number of nitrogens with zero attached hydrogens (tertiary/aromatic N) is 1. The molecule has 1 fully saturated rings. The molecule has 1 aromatic carbocycles. The number of hydrogen-bond donors (Lipinski definition) is 0. The molecule has 0 aliphatic heterocycles. The highest BCUT2D eigenvalue weighted by Crippen LogP contribution is 2.34. The van der Waals surface area contributed by atoms with Crippen LogP contribution >= 0.6 is 0 Å². The van der Waals surface area contributed by atoms with Gasteiger partial charge >= 0.3 is 0 Å². The standard InChI is InChI=1S/C12H17NO2/c1-13(2)11-8-10(15-9-4-5-9)6-7-12(11)14-3/h6-9H,4-5H2,1-3H3. The van der Waals surface area contributed by atoms with Gasteiger partial charge in [-0.25, -0.2) is 0 Å². The summed E-state index contributed by atoms with van der Waals surface area (Å²) < 4.78 is 11.0. The van der Waals surface area contributed by atoms with Crippen LogP contribution in [0.15, 0.2) is 18.2 Å². The Morgan fingerprint density at radius 3 is 2.53 bits per heavy atom. The van der Waals surface area contributed by atoms with E-state index in [-0.39, 0.29) is 0 Å². The van der Waals surface area contributed by atoms with Crippen molar-refractivity contribution in [1.82, 2.24) is 0 Å². The molecule has 0 unspecified atom stereocenters. The Morgan fingerprint density at radius 2 is 2.00 bits per heavy atom. The first-order chi connectivity index (χ1) is 7.20. The molecule has 1 saturated carbocycles. The largest absolute Gasteiger partial charge is 0.495 e. The van der Waals surface area contributed by atoms with Crippen molar-refractivity contribution < 1.29 is 9.47 Å². The highest BCUT2D eigenvalue weighted by atomic mass is 16.5. The number of hydrogen-bond acceptors (Lipinski definition) is 3. The molecular formula is C12H17NO2. The summed E-state index contributed by atoms with van der Waals surface area (Å²) in [5.41, 5.74) is 1.05. The molecule has 0 amide bonds. The summed E-state index contributed by atoms with van der Waals surface area (Å²) in [5.74, 6) is 1.81. The molecule has 82 valence electrons. The van der Waals surface area contributed by atoms with E-state index in [1.807, 2.05) is 37.2 Å². The van der Waals surface area contributed by atoms with Crippen molar-refractivity contribution in [3.63, 3.8) is 0 Å². The predicted molar refractivity (Wildman–Crippen MR) is 61.0 cm³/mol. The van der Waals surface area contributed by atoms with Gasteiger partial charge in [0.25, 0.3) is 0 Å². The number of methoxy groups -OCH3 is 1. The van der Waals surface area contributed by atoms with Crippen molar-refractivity contribution in [3.05, 3.63) is 18.2 Å². The summed E-state index contributed by atoms with van der Waals surface area (Å²) in [6.07, 6.45) is 2.81. The van der Waals surface area contributed by atoms with Gasteiger partial charge in [-0.2, -0.15) is 0 Å². The third kappa shape index (κ3) is 2.35. The van der Waals surface area contributed by atoms with E-state index in [1.54, 1.807) is 7.11 Å². The molecule has 0 radical (unpaired) electrons. The second-order valence-electron chi connectivity index (χ2n) is 4.05. The van der Waals surface area contributed by atoms with Gasteiger partial charge in [0, 0.05) is 20.2 Å². The number of benzene rings is 1. The zero-order valence-corrected chi connectivity index (χ0v) is 9.49. The third-order valence-electron chi connectivity index (χ3n) is 2.46. The maximum absolute atomic E-state index is 5.73. The van der Waals surface area contributed by atoms with E-state index >= 15 is 0 Å². The maximum atomic E-state index is 5.73. The van der Waals surface area contributed by atoms with Crippen LogP contribution in [0.4, 0.5) is 5.69 Å². The van der Waals surface area contributed by atoms with Gasteiger partial charge in [-0.15, -0.1) is 0 Å². The van der Waals surface area contributed by atoms with E-state index in [4.69, 9.17) is 9.47 Å². The SMILES string of the molecule is COc1ccc(OC2CC2)cc1N(C)C. The van der Waals surface area contributed by atoms with Crippen LogP contribution in [0.3, 0.4) is 0 Å². The second kappa shape index (κ2) is 4.01. The molecular weight excluding hydrogens is 190 g/mol. The van der Waals surface area contributed by atoms with Crippen LogP contribution in [0.25, 0.3) is 0 Å². The van der Waals surface area contributed by atoms with Gasteiger partial charge in [-0.05, 0) is 25.0 Å². The van der Waals surface area contributed by atoms with Crippen molar-refractivity contribution >= 4 is 5.69 Å². The molecule has 1 aliphatic rings. The fraction of sp³-hybridized carbons (Fsp3) is 0.500. The molecule has 2 rings (SSSR count). The predicted octanol–water partition coefficient (Wildman–Crippen LogP) is 2.30. The first kappa shape index (κ1) is 10.1. The molecule has 0 heterocycles. The van der Waals surface area contributed by atoms with E-state index in [0.717, 1.165) is 17.2 Å². The molecule has 1 aliphatic carbocycles. The third-order valence-corrected chi connectivity index (χ3v) is 2.46. The molecule has 0 aromatic heterocycles. The van der Waals surface area contributed by atoms with Gasteiger partial charge in [0.15, 0.2) is 0 Å². The average Bonchev–Trinajstić information content (AvgIpc) is 3.01. The summed E-state index contributed by atoms with van der Waals surface area (Å²) >= 11 is 0. The van der Waals surface area contributed by atoms with Crippen molar-refractivity contribution in [2.24, 2.45) is 0 Å². The number of anilines is 1. The van der Waals surface area contributed by atoms with Crippen molar-refractivity contribution in [1.29, 1.82) is 0 Å². The average molecular weight is 207 g/mol. The van der Waals surface area contributed by atoms with Crippen LogP contribution < -0.4 is 14.4 Å². The molecule has 15 heavy (non-hydrogen) atoms. The lowest BCUT2D eigenvalue weighted by Gasteiger charge is -2.17. The van der Waals surface area contributed by atoms with Gasteiger partial charge in [-0.3, -0.25) is 0 Å². The van der Waals surface area contributed by atoms with E-state index in [2.05, 4.69) is 0 Å². The summed E-state index contributed by atoms with van der Waals surface area (Å²) in [5, 5.41) is 0. The minimum Gasteiger partial charge on any atom is -0.495 e. The highest BCUT2D eigenvalue weighted by Gasteiger charge is 2.23. The smallest absolute Gasteiger partial charge is 0.142 e. The lowest BCUT2D eigenvalue weighted by Crippen LogP contribution is -2.10. The van der Waals surface area contributed by atoms with E-state index in [9.17, 15) is 0 Å². The molecule has 0 atom stereocenters. The first-order valence-electron chi connectivity index (χ1n) is 5.22. The Bertz CT molecular complexity index is 345. The first-order valence-corrected chi connectivity index (χ1v) is 5.22. The van der Waals surface area contributed by atoms with Crippen LogP contribution in [-0.2, 0) is 0 Å². The van der Waals surface area contributed by atoms with Crippen molar-refractivity contribution in [2.75, 3.05) is 26.1 Å². The van der Waals surface area contributed by atoms with E-state index in [0.29, 0.717) is 6.10 Å². The van der Waals surface area contributed by atoms with E-state index < -0.39 is 0 Å². The van der Waals surface area contributed by atoms with Gasteiger partial charge in [0.2, 0.25) is 0 Å². The van der Waals surface area contributed by atoms with Crippen LogP contribution in [0.5, 0.6) is 11.5 Å². The zero-order chi connectivity index (χ0) is 10.8. The molecule has 0 N–H and O–H groups in total. The fourth-order valence-electron chi connectivity index (χ4n) is 1.47. The quantitative estimate of drug-likeness (QED) is 0.756. The van der Waals surface area contributed by atoms with Gasteiger partial charge in [-0.1, -0.05) is 0 Å². The molecule has 3 heteroatoms. The van der Waals surface area contributed by atoms with Crippen LogP contribution in [0.1, 0.15) is 12.8 Å². The normalized spacial score (nSPS) is 14.9. The van der Waals surface area contributed by atoms with Crippen LogP contribution in [0, 0.1) is 0 Å². The highest BCUT2D eigenvalue weighted by molar-refractivity contribution is 5.60. The number of rotatable bonds is 4. The molecule has 3 nitrogen and oxygen atoms in total. The molecule has 0 bridgehead atoms. The maximum Gasteiger partial charge on any atom is 0.142 e. The summed E-state index contributed by atoms with van der Waals surface area (Å²) in [6.45, 7) is 0. The second-order valence-corrected chi connectivity index (χ2v) is 4.05. The monoisotopic (exact) mass is 207 g/mol. The summed E-state index contributed by atoms with van der Waals surface area (Å²) in [7, 11) is 5.68. The minimum absolute atomic E-state index is 0.438. The van der Waals surface area contributed by atoms with Gasteiger partial charge in [0.1, 0.15) is 11.5 Å². The van der Waals surface area contributed by atoms with Crippen LogP contribution in [0.2, 0.25) is 0 Å². The Morgan fingerprint density at radius 1 is 1.27 bits per heavy atom. The molecule has 1 aromatic rings. The van der Waals surface area contributed by atoms with Crippen molar-refractivity contribution in [2.45, 2.75) is 18.9 Å².